The lowest BCUT2D eigenvalue weighted by molar-refractivity contribution is 0.192. The summed E-state index contributed by atoms with van der Waals surface area (Å²) < 4.78 is 2.05. The second-order valence-electron chi connectivity index (χ2n) is 8.05. The number of likely N-dealkylation sites (N-methyl/N-ethyl adjacent to an activating group) is 1. The quantitative estimate of drug-likeness (QED) is 0.718. The van der Waals surface area contributed by atoms with Gasteiger partial charge in [0.2, 0.25) is 0 Å². The maximum Gasteiger partial charge on any atom is 0.160 e. The number of hydrogen-bond donors (Lipinski definition) is 0. The van der Waals surface area contributed by atoms with E-state index in [1.54, 1.807) is 0 Å². The smallest absolute Gasteiger partial charge is 0.160 e. The molecule has 136 valence electrons. The van der Waals surface area contributed by atoms with Gasteiger partial charge < -0.3 is 4.90 Å². The van der Waals surface area contributed by atoms with Crippen molar-refractivity contribution >= 4 is 11.5 Å². The second kappa shape index (κ2) is 6.32. The third-order valence-corrected chi connectivity index (χ3v) is 5.00. The van der Waals surface area contributed by atoms with Crippen LogP contribution in [0.3, 0.4) is 0 Å². The molecular formula is C19H25N7. The summed E-state index contributed by atoms with van der Waals surface area (Å²) in [4.78, 5) is 4.60. The lowest BCUT2D eigenvalue weighted by Crippen LogP contribution is -2.58. The average Bonchev–Trinajstić information content (AvgIpc) is 2.96. The van der Waals surface area contributed by atoms with Gasteiger partial charge in [-0.15, -0.1) is 15.3 Å². The summed E-state index contributed by atoms with van der Waals surface area (Å²) in [6, 6.07) is 10.6. The van der Waals surface area contributed by atoms with Gasteiger partial charge in [-0.2, -0.15) is 5.10 Å². The zero-order valence-corrected chi connectivity index (χ0v) is 15.8. The van der Waals surface area contributed by atoms with Crippen molar-refractivity contribution in [2.24, 2.45) is 0 Å². The van der Waals surface area contributed by atoms with Crippen LogP contribution in [0.15, 0.2) is 36.5 Å². The van der Waals surface area contributed by atoms with Gasteiger partial charge in [0.05, 0.1) is 12.2 Å². The molecule has 1 saturated heterocycles. The molecule has 0 unspecified atom stereocenters. The fourth-order valence-corrected chi connectivity index (χ4v) is 3.17. The molecule has 0 aromatic carbocycles. The van der Waals surface area contributed by atoms with E-state index < -0.39 is 0 Å². The summed E-state index contributed by atoms with van der Waals surface area (Å²) in [5.41, 5.74) is 1.94. The summed E-state index contributed by atoms with van der Waals surface area (Å²) in [7, 11) is 2.14. The lowest BCUT2D eigenvalue weighted by atomic mass is 9.92. The highest BCUT2D eigenvalue weighted by molar-refractivity contribution is 5.42. The summed E-state index contributed by atoms with van der Waals surface area (Å²) in [5, 5.41) is 17.3. The standard InChI is InChI=1S/C19H25N7/c1-19(2,3)15-8-9-16(21-20-15)25-11-14(12-25)24(4)13-18-23-22-17-7-5-6-10-26(17)18/h5-10,14H,11-13H2,1-4H3. The molecule has 0 spiro atoms. The minimum absolute atomic E-state index is 0.0320. The number of rotatable bonds is 4. The number of aromatic nitrogens is 5. The Labute approximate surface area is 153 Å². The number of nitrogens with zero attached hydrogens (tertiary/aromatic N) is 7. The van der Waals surface area contributed by atoms with E-state index in [9.17, 15) is 0 Å². The van der Waals surface area contributed by atoms with Crippen LogP contribution >= 0.6 is 0 Å². The van der Waals surface area contributed by atoms with Crippen LogP contribution in [-0.2, 0) is 12.0 Å². The minimum atomic E-state index is 0.0320. The predicted molar refractivity (Wildman–Crippen MR) is 101 cm³/mol. The van der Waals surface area contributed by atoms with Crippen molar-refractivity contribution in [2.75, 3.05) is 25.0 Å². The van der Waals surface area contributed by atoms with Crippen LogP contribution in [0.5, 0.6) is 0 Å². The van der Waals surface area contributed by atoms with E-state index >= 15 is 0 Å². The van der Waals surface area contributed by atoms with Crippen molar-refractivity contribution < 1.29 is 0 Å². The van der Waals surface area contributed by atoms with Gasteiger partial charge in [0.15, 0.2) is 17.3 Å². The average molecular weight is 351 g/mol. The van der Waals surface area contributed by atoms with Crippen LogP contribution in [0.25, 0.3) is 5.65 Å². The molecule has 3 aromatic rings. The van der Waals surface area contributed by atoms with E-state index in [-0.39, 0.29) is 5.41 Å². The molecule has 1 aliphatic heterocycles. The molecule has 1 fully saturated rings. The van der Waals surface area contributed by atoms with Gasteiger partial charge in [-0.25, -0.2) is 0 Å². The van der Waals surface area contributed by atoms with Gasteiger partial charge in [-0.1, -0.05) is 26.8 Å². The van der Waals surface area contributed by atoms with E-state index in [2.05, 4.69) is 70.1 Å². The molecule has 7 heteroatoms. The Morgan fingerprint density at radius 2 is 1.85 bits per heavy atom. The SMILES string of the molecule is CN(Cc1nnc2ccccn12)C1CN(c2ccc(C(C)(C)C)nn2)C1. The molecule has 3 aromatic heterocycles. The van der Waals surface area contributed by atoms with Crippen molar-refractivity contribution in [2.45, 2.75) is 38.8 Å². The van der Waals surface area contributed by atoms with Crippen molar-refractivity contribution in [3.05, 3.63) is 48.0 Å². The zero-order chi connectivity index (χ0) is 18.3. The number of pyridine rings is 1. The predicted octanol–water partition coefficient (Wildman–Crippen LogP) is 2.14. The van der Waals surface area contributed by atoms with Crippen LogP contribution in [-0.4, -0.2) is 55.9 Å². The fraction of sp³-hybridized carbons (Fsp3) is 0.474. The first-order valence-electron chi connectivity index (χ1n) is 9.00. The van der Waals surface area contributed by atoms with Gasteiger partial charge in [0, 0.05) is 30.7 Å². The Bertz CT molecular complexity index is 888. The Morgan fingerprint density at radius 3 is 2.54 bits per heavy atom. The highest BCUT2D eigenvalue weighted by Crippen LogP contribution is 2.24. The Balaban J connectivity index is 1.37. The molecule has 0 radical (unpaired) electrons. The van der Waals surface area contributed by atoms with Gasteiger partial charge >= 0.3 is 0 Å². The van der Waals surface area contributed by atoms with Crippen LogP contribution in [0.4, 0.5) is 5.82 Å². The highest BCUT2D eigenvalue weighted by Gasteiger charge is 2.32. The van der Waals surface area contributed by atoms with Gasteiger partial charge in [-0.3, -0.25) is 9.30 Å². The number of fused-ring (bicyclic) bond motifs is 1. The summed E-state index contributed by atoms with van der Waals surface area (Å²) in [6.45, 7) is 9.14. The number of anilines is 1. The summed E-state index contributed by atoms with van der Waals surface area (Å²) >= 11 is 0. The molecule has 0 N–H and O–H groups in total. The monoisotopic (exact) mass is 351 g/mol. The van der Waals surface area contributed by atoms with E-state index in [0.29, 0.717) is 6.04 Å². The van der Waals surface area contributed by atoms with Crippen LogP contribution in [0.1, 0.15) is 32.3 Å². The topological polar surface area (TPSA) is 62.5 Å². The Kier molecular flexibility index (Phi) is 4.11. The first kappa shape index (κ1) is 16.9. The third-order valence-electron chi connectivity index (χ3n) is 5.00. The third kappa shape index (κ3) is 3.14. The molecule has 1 aliphatic rings. The Morgan fingerprint density at radius 1 is 1.04 bits per heavy atom. The van der Waals surface area contributed by atoms with Gasteiger partial charge in [0.25, 0.3) is 0 Å². The largest absolute Gasteiger partial charge is 0.352 e. The minimum Gasteiger partial charge on any atom is -0.352 e. The molecule has 4 heterocycles. The highest BCUT2D eigenvalue weighted by atomic mass is 15.4. The molecule has 0 aliphatic carbocycles. The molecule has 7 nitrogen and oxygen atoms in total. The van der Waals surface area contributed by atoms with Crippen LogP contribution in [0, 0.1) is 0 Å². The van der Waals surface area contributed by atoms with E-state index in [1.165, 1.54) is 0 Å². The van der Waals surface area contributed by atoms with E-state index in [0.717, 1.165) is 42.6 Å². The summed E-state index contributed by atoms with van der Waals surface area (Å²) in [5.74, 6) is 1.92. The molecule has 0 amide bonds. The van der Waals surface area contributed by atoms with Crippen molar-refractivity contribution in [1.82, 2.24) is 29.7 Å². The summed E-state index contributed by atoms with van der Waals surface area (Å²) in [6.07, 6.45) is 2.01. The second-order valence-corrected chi connectivity index (χ2v) is 8.05. The molecule has 0 atom stereocenters. The van der Waals surface area contributed by atoms with Gasteiger partial charge in [-0.05, 0) is 31.3 Å². The molecule has 0 saturated carbocycles. The lowest BCUT2D eigenvalue weighted by Gasteiger charge is -2.44. The van der Waals surface area contributed by atoms with Crippen molar-refractivity contribution in [3.8, 4) is 0 Å². The Hall–Kier alpha value is -2.54. The fourth-order valence-electron chi connectivity index (χ4n) is 3.17. The van der Waals surface area contributed by atoms with Crippen molar-refractivity contribution in [3.63, 3.8) is 0 Å². The maximum absolute atomic E-state index is 4.41. The van der Waals surface area contributed by atoms with Crippen molar-refractivity contribution in [1.29, 1.82) is 0 Å². The number of hydrogen-bond acceptors (Lipinski definition) is 6. The molecular weight excluding hydrogens is 326 g/mol. The van der Waals surface area contributed by atoms with E-state index in [4.69, 9.17) is 0 Å². The first-order valence-corrected chi connectivity index (χ1v) is 9.00. The van der Waals surface area contributed by atoms with Gasteiger partial charge in [0.1, 0.15) is 0 Å². The van der Waals surface area contributed by atoms with E-state index in [1.807, 2.05) is 28.8 Å². The molecule has 0 bridgehead atoms. The first-order chi connectivity index (χ1) is 12.4. The molecule has 4 rings (SSSR count). The van der Waals surface area contributed by atoms with Crippen LogP contribution < -0.4 is 4.90 Å². The van der Waals surface area contributed by atoms with Crippen LogP contribution in [0.2, 0.25) is 0 Å². The molecule has 26 heavy (non-hydrogen) atoms. The normalized spacial score (nSPS) is 15.7. The maximum atomic E-state index is 4.41. The zero-order valence-electron chi connectivity index (χ0n) is 15.8.